The highest BCUT2D eigenvalue weighted by Crippen LogP contribution is 2.34. The van der Waals surface area contributed by atoms with Gasteiger partial charge in [0.2, 0.25) is 5.82 Å². The van der Waals surface area contributed by atoms with Crippen LogP contribution in [0.25, 0.3) is 10.2 Å². The van der Waals surface area contributed by atoms with Crippen LogP contribution in [0.2, 0.25) is 0 Å². The van der Waals surface area contributed by atoms with Gasteiger partial charge in [0.1, 0.15) is 17.1 Å². The van der Waals surface area contributed by atoms with Crippen molar-refractivity contribution in [1.82, 2.24) is 24.6 Å². The van der Waals surface area contributed by atoms with Crippen LogP contribution in [0, 0.1) is 0 Å². The summed E-state index contributed by atoms with van der Waals surface area (Å²) in [5.41, 5.74) is 0.900. The van der Waals surface area contributed by atoms with Gasteiger partial charge < -0.3 is 19.1 Å². The van der Waals surface area contributed by atoms with Crippen molar-refractivity contribution in [2.24, 2.45) is 0 Å². The van der Waals surface area contributed by atoms with Crippen molar-refractivity contribution in [2.45, 2.75) is 19.4 Å². The first kappa shape index (κ1) is 16.5. The fraction of sp³-hybridized carbons (Fsp3) is 0.444. The van der Waals surface area contributed by atoms with Gasteiger partial charge >= 0.3 is 0 Å². The second kappa shape index (κ2) is 6.49. The molecule has 0 atom stereocenters. The normalized spacial score (nSPS) is 16.8. The molecule has 0 unspecified atom stereocenters. The summed E-state index contributed by atoms with van der Waals surface area (Å²) >= 11 is 1.66. The number of fused-ring (bicyclic) bond motifs is 2. The molecule has 2 aliphatic heterocycles. The molecule has 2 aliphatic rings. The van der Waals surface area contributed by atoms with Gasteiger partial charge in [-0.1, -0.05) is 17.4 Å². The Morgan fingerprint density at radius 3 is 2.81 bits per heavy atom. The van der Waals surface area contributed by atoms with Gasteiger partial charge in [0.05, 0.1) is 11.8 Å². The van der Waals surface area contributed by atoms with Crippen LogP contribution < -0.4 is 9.64 Å². The van der Waals surface area contributed by atoms with Crippen LogP contribution in [0.3, 0.4) is 0 Å². The summed E-state index contributed by atoms with van der Waals surface area (Å²) in [7, 11) is 1.67. The van der Waals surface area contributed by atoms with Crippen molar-refractivity contribution in [3.63, 3.8) is 0 Å². The van der Waals surface area contributed by atoms with E-state index in [1.54, 1.807) is 18.4 Å². The smallest absolute Gasteiger partial charge is 0.291 e. The number of nitrogens with zero attached hydrogens (tertiary/aromatic N) is 6. The van der Waals surface area contributed by atoms with E-state index in [0.717, 1.165) is 59.4 Å². The van der Waals surface area contributed by atoms with E-state index in [4.69, 9.17) is 9.72 Å². The third-order valence-corrected chi connectivity index (χ3v) is 6.31. The van der Waals surface area contributed by atoms with Gasteiger partial charge in [0.25, 0.3) is 5.91 Å². The Morgan fingerprint density at radius 1 is 1.15 bits per heavy atom. The summed E-state index contributed by atoms with van der Waals surface area (Å²) in [6.07, 6.45) is 1.95. The third kappa shape index (κ3) is 2.73. The minimum absolute atomic E-state index is 0.0127. The number of benzene rings is 1. The van der Waals surface area contributed by atoms with E-state index in [2.05, 4.69) is 21.2 Å². The molecule has 3 aromatic rings. The lowest BCUT2D eigenvalue weighted by Crippen LogP contribution is -2.49. The highest BCUT2D eigenvalue weighted by Gasteiger charge is 2.29. The molecule has 1 fully saturated rings. The van der Waals surface area contributed by atoms with E-state index in [1.165, 1.54) is 0 Å². The molecular weight excluding hydrogens is 364 g/mol. The lowest BCUT2D eigenvalue weighted by Gasteiger charge is -2.34. The van der Waals surface area contributed by atoms with Crippen molar-refractivity contribution in [3.05, 3.63) is 29.8 Å². The van der Waals surface area contributed by atoms with Crippen molar-refractivity contribution in [1.29, 1.82) is 0 Å². The first-order valence-corrected chi connectivity index (χ1v) is 9.96. The predicted molar refractivity (Wildman–Crippen MR) is 103 cm³/mol. The van der Waals surface area contributed by atoms with E-state index in [1.807, 2.05) is 21.6 Å². The number of methoxy groups -OCH3 is 1. The Hall–Kier alpha value is -2.68. The number of thiazole rings is 1. The van der Waals surface area contributed by atoms with Gasteiger partial charge in [-0.05, 0) is 18.6 Å². The number of para-hydroxylation sites is 1. The molecule has 9 heteroatoms. The number of amides is 1. The Kier molecular flexibility index (Phi) is 3.96. The summed E-state index contributed by atoms with van der Waals surface area (Å²) in [6, 6.07) is 5.97. The monoisotopic (exact) mass is 384 g/mol. The average molecular weight is 384 g/mol. The minimum Gasteiger partial charge on any atom is -0.494 e. The van der Waals surface area contributed by atoms with E-state index >= 15 is 0 Å². The Balaban J connectivity index is 1.31. The number of ether oxygens (including phenoxy) is 1. The number of aryl methyl sites for hydroxylation is 1. The zero-order valence-corrected chi connectivity index (χ0v) is 15.9. The van der Waals surface area contributed by atoms with Crippen LogP contribution in [0.15, 0.2) is 18.2 Å². The molecule has 0 spiro atoms. The number of rotatable bonds is 3. The van der Waals surface area contributed by atoms with Gasteiger partial charge in [-0.2, -0.15) is 0 Å². The Labute approximate surface area is 160 Å². The molecule has 0 bridgehead atoms. The molecule has 5 rings (SSSR count). The average Bonchev–Trinajstić information content (AvgIpc) is 3.42. The summed E-state index contributed by atoms with van der Waals surface area (Å²) in [5, 5.41) is 9.25. The molecule has 1 amide bonds. The standard InChI is InChI=1S/C18H20N6O2S/c1-26-12-4-2-5-13-15(12)19-18(27-13)23-10-8-22(9-11-23)17(25)16-21-20-14-6-3-7-24(14)16/h2,4-5H,3,6-11H2,1H3. The quantitative estimate of drug-likeness (QED) is 0.685. The van der Waals surface area contributed by atoms with Gasteiger partial charge in [0, 0.05) is 39.1 Å². The molecular formula is C18H20N6O2S. The second-order valence-corrected chi connectivity index (χ2v) is 7.79. The van der Waals surface area contributed by atoms with Gasteiger partial charge in [-0.25, -0.2) is 4.98 Å². The van der Waals surface area contributed by atoms with Crippen LogP contribution in [-0.2, 0) is 13.0 Å². The van der Waals surface area contributed by atoms with Crippen molar-refractivity contribution < 1.29 is 9.53 Å². The van der Waals surface area contributed by atoms with Gasteiger partial charge in [-0.15, -0.1) is 10.2 Å². The third-order valence-electron chi connectivity index (χ3n) is 5.23. The van der Waals surface area contributed by atoms with Crippen LogP contribution >= 0.6 is 11.3 Å². The minimum atomic E-state index is -0.0127. The molecule has 0 saturated carbocycles. The van der Waals surface area contributed by atoms with E-state index in [9.17, 15) is 4.79 Å². The van der Waals surface area contributed by atoms with E-state index in [-0.39, 0.29) is 5.91 Å². The number of hydrogen-bond donors (Lipinski definition) is 0. The predicted octanol–water partition coefficient (Wildman–Crippen LogP) is 1.81. The molecule has 0 radical (unpaired) electrons. The largest absolute Gasteiger partial charge is 0.494 e. The molecule has 0 aliphatic carbocycles. The highest BCUT2D eigenvalue weighted by molar-refractivity contribution is 7.22. The van der Waals surface area contributed by atoms with Crippen LogP contribution in [-0.4, -0.2) is 63.8 Å². The summed E-state index contributed by atoms with van der Waals surface area (Å²) in [6.45, 7) is 3.68. The molecule has 2 aromatic heterocycles. The molecule has 0 N–H and O–H groups in total. The van der Waals surface area contributed by atoms with Crippen LogP contribution in [0.5, 0.6) is 5.75 Å². The van der Waals surface area contributed by atoms with Crippen molar-refractivity contribution >= 4 is 32.6 Å². The summed E-state index contributed by atoms with van der Waals surface area (Å²) in [4.78, 5) is 21.7. The van der Waals surface area contributed by atoms with Gasteiger partial charge in [-0.3, -0.25) is 4.79 Å². The zero-order valence-electron chi connectivity index (χ0n) is 15.1. The van der Waals surface area contributed by atoms with E-state index in [0.29, 0.717) is 18.9 Å². The molecule has 27 heavy (non-hydrogen) atoms. The number of aromatic nitrogens is 4. The number of carbonyl (C=O) groups excluding carboxylic acids is 1. The fourth-order valence-corrected chi connectivity index (χ4v) is 4.80. The number of hydrogen-bond acceptors (Lipinski definition) is 7. The lowest BCUT2D eigenvalue weighted by atomic mass is 10.3. The van der Waals surface area contributed by atoms with Crippen LogP contribution in [0.4, 0.5) is 5.13 Å². The number of anilines is 1. The maximum Gasteiger partial charge on any atom is 0.291 e. The molecule has 140 valence electrons. The molecule has 4 heterocycles. The van der Waals surface area contributed by atoms with Crippen molar-refractivity contribution in [3.8, 4) is 5.75 Å². The summed E-state index contributed by atoms with van der Waals surface area (Å²) < 4.78 is 8.49. The van der Waals surface area contributed by atoms with Crippen LogP contribution in [0.1, 0.15) is 22.9 Å². The maximum atomic E-state index is 12.8. The number of piperazine rings is 1. The zero-order chi connectivity index (χ0) is 18.4. The fourth-order valence-electron chi connectivity index (χ4n) is 3.76. The SMILES string of the molecule is COc1cccc2sc(N3CCN(C(=O)c4nnc5n4CCC5)CC3)nc12. The molecule has 8 nitrogen and oxygen atoms in total. The maximum absolute atomic E-state index is 12.8. The summed E-state index contributed by atoms with van der Waals surface area (Å²) in [5.74, 6) is 2.20. The Morgan fingerprint density at radius 2 is 2.00 bits per heavy atom. The van der Waals surface area contributed by atoms with Gasteiger partial charge in [0.15, 0.2) is 5.13 Å². The van der Waals surface area contributed by atoms with Crippen molar-refractivity contribution in [2.75, 3.05) is 38.2 Å². The lowest BCUT2D eigenvalue weighted by molar-refractivity contribution is 0.0729. The molecule has 1 saturated heterocycles. The first-order chi connectivity index (χ1) is 13.2. The molecule has 1 aromatic carbocycles. The Bertz CT molecular complexity index is 1000. The second-order valence-electron chi connectivity index (χ2n) is 6.78. The number of carbonyl (C=O) groups is 1. The topological polar surface area (TPSA) is 76.4 Å². The first-order valence-electron chi connectivity index (χ1n) is 9.14. The highest BCUT2D eigenvalue weighted by atomic mass is 32.1. The van der Waals surface area contributed by atoms with E-state index < -0.39 is 0 Å².